The summed E-state index contributed by atoms with van der Waals surface area (Å²) < 4.78 is 29.4. The summed E-state index contributed by atoms with van der Waals surface area (Å²) in [6.07, 6.45) is -9.36. The van der Waals surface area contributed by atoms with Crippen LogP contribution in [0.4, 0.5) is 0 Å². The Balaban J connectivity index is 1.89. The summed E-state index contributed by atoms with van der Waals surface area (Å²) in [4.78, 5) is 51.3. The third kappa shape index (κ3) is 4.94. The molecule has 0 amide bonds. The van der Waals surface area contributed by atoms with E-state index in [1.54, 1.807) is 25.1 Å². The second-order valence-electron chi connectivity index (χ2n) is 13.5. The SMILES string of the molecule is CC(=O)OC[C@@]12[C@H]([C@@H](OC(=O)c3ccccc3)[C@]3(C(C)(C)O)C[C@H](OC(C)=O)C(C)=C3[C@@H](O)[C@@H]1O)[C@]1(OC(C)=O)CO[C@@H]1C[C@@H]2O. The number of carbonyl (C=O) groups is 4. The second kappa shape index (κ2) is 11.7. The number of esters is 4. The van der Waals surface area contributed by atoms with Crippen molar-refractivity contribution < 1.29 is 63.3 Å². The Morgan fingerprint density at radius 1 is 0.978 bits per heavy atom. The zero-order chi connectivity index (χ0) is 34.0. The van der Waals surface area contributed by atoms with Gasteiger partial charge in [-0.15, -0.1) is 0 Å². The fourth-order valence-electron chi connectivity index (χ4n) is 8.62. The van der Waals surface area contributed by atoms with Crippen LogP contribution in [-0.4, -0.2) is 105 Å². The predicted octanol–water partition coefficient (Wildman–Crippen LogP) is 0.988. The number of carbonyl (C=O) groups excluding carboxylic acids is 4. The zero-order valence-corrected chi connectivity index (χ0v) is 26.7. The van der Waals surface area contributed by atoms with E-state index in [-0.39, 0.29) is 30.6 Å². The van der Waals surface area contributed by atoms with Crippen LogP contribution < -0.4 is 0 Å². The molecule has 10 atom stereocenters. The maximum Gasteiger partial charge on any atom is 0.338 e. The number of benzene rings is 1. The molecule has 4 N–H and O–H groups in total. The molecule has 13 heteroatoms. The van der Waals surface area contributed by atoms with Gasteiger partial charge in [0.15, 0.2) is 5.60 Å². The Hall–Kier alpha value is -3.36. The lowest BCUT2D eigenvalue weighted by molar-refractivity contribution is -0.358. The van der Waals surface area contributed by atoms with Crippen LogP contribution in [-0.2, 0) is 38.1 Å². The Morgan fingerprint density at radius 2 is 1.63 bits per heavy atom. The molecule has 5 rings (SSSR count). The van der Waals surface area contributed by atoms with Gasteiger partial charge in [-0.3, -0.25) is 14.4 Å². The summed E-state index contributed by atoms with van der Waals surface area (Å²) in [6.45, 7) is 7.01. The molecular weight excluding hydrogens is 604 g/mol. The van der Waals surface area contributed by atoms with Gasteiger partial charge in [-0.2, -0.15) is 0 Å². The number of hydrogen-bond donors (Lipinski definition) is 4. The quantitative estimate of drug-likeness (QED) is 0.186. The van der Waals surface area contributed by atoms with Gasteiger partial charge >= 0.3 is 23.9 Å². The predicted molar refractivity (Wildman–Crippen MR) is 157 cm³/mol. The Labute approximate surface area is 266 Å². The lowest BCUT2D eigenvalue weighted by atomic mass is 9.49. The molecule has 1 aromatic rings. The van der Waals surface area contributed by atoms with Crippen molar-refractivity contribution in [2.75, 3.05) is 13.2 Å². The van der Waals surface area contributed by atoms with E-state index in [0.29, 0.717) is 5.57 Å². The number of hydrogen-bond acceptors (Lipinski definition) is 13. The molecule has 13 nitrogen and oxygen atoms in total. The van der Waals surface area contributed by atoms with Gasteiger partial charge in [0.05, 0.1) is 46.7 Å². The number of rotatable bonds is 7. The van der Waals surface area contributed by atoms with Gasteiger partial charge in [0.1, 0.15) is 31.0 Å². The first-order chi connectivity index (χ1) is 21.4. The maximum atomic E-state index is 14.0. The lowest BCUT2D eigenvalue weighted by Gasteiger charge is -2.65. The van der Waals surface area contributed by atoms with Gasteiger partial charge in [0.2, 0.25) is 0 Å². The highest BCUT2D eigenvalue weighted by Crippen LogP contribution is 2.68. The Bertz CT molecular complexity index is 1430. The smallest absolute Gasteiger partial charge is 0.338 e. The molecule has 3 fully saturated rings. The van der Waals surface area contributed by atoms with E-state index in [2.05, 4.69) is 0 Å². The number of aliphatic hydroxyl groups excluding tert-OH is 3. The van der Waals surface area contributed by atoms with Crippen molar-refractivity contribution in [2.24, 2.45) is 16.7 Å². The highest BCUT2D eigenvalue weighted by molar-refractivity contribution is 5.89. The normalized spacial score (nSPS) is 38.3. The summed E-state index contributed by atoms with van der Waals surface area (Å²) >= 11 is 0. The first-order valence-corrected chi connectivity index (χ1v) is 15.3. The first kappa shape index (κ1) is 34.0. The van der Waals surface area contributed by atoms with Crippen molar-refractivity contribution in [1.82, 2.24) is 0 Å². The fourth-order valence-corrected chi connectivity index (χ4v) is 8.62. The summed E-state index contributed by atoms with van der Waals surface area (Å²) in [5, 5.41) is 48.6. The summed E-state index contributed by atoms with van der Waals surface area (Å²) in [6, 6.07) is 7.96. The number of aliphatic hydroxyl groups is 4. The van der Waals surface area contributed by atoms with Crippen LogP contribution in [0.3, 0.4) is 0 Å². The van der Waals surface area contributed by atoms with Gasteiger partial charge in [0.25, 0.3) is 0 Å². The Kier molecular flexibility index (Phi) is 8.65. The standard InChI is InChI=1S/C33H42O13/c1-16-21(44-18(3)35)13-32(30(5,6)41)24(16)25(38)27(39)31(14-42-17(2)34)22(37)12-23-33(15-43-23,46-19(4)36)26(31)28(32)45-29(40)20-10-8-7-9-11-20/h7-11,21-23,25-28,37-39,41H,12-15H2,1-6H3/t21-,22-,23+,25+,26-,27-,28+,31+,32-,33-/m0/s1. The van der Waals surface area contributed by atoms with Gasteiger partial charge in [-0.1, -0.05) is 18.2 Å². The minimum Gasteiger partial charge on any atom is -0.465 e. The van der Waals surface area contributed by atoms with Gasteiger partial charge in [-0.05, 0) is 44.1 Å². The molecule has 46 heavy (non-hydrogen) atoms. The van der Waals surface area contributed by atoms with Crippen LogP contribution in [0.15, 0.2) is 41.5 Å². The molecule has 0 aromatic heterocycles. The molecule has 1 aliphatic heterocycles. The minimum atomic E-state index is -2.03. The fraction of sp³-hybridized carbons (Fsp3) is 0.636. The maximum absolute atomic E-state index is 14.0. The molecule has 1 saturated heterocycles. The minimum absolute atomic E-state index is 0.0307. The highest BCUT2D eigenvalue weighted by Gasteiger charge is 2.80. The molecule has 1 heterocycles. The van der Waals surface area contributed by atoms with E-state index in [9.17, 15) is 39.6 Å². The lowest BCUT2D eigenvalue weighted by Crippen LogP contribution is -2.80. The van der Waals surface area contributed by atoms with Gasteiger partial charge in [0, 0.05) is 33.6 Å². The second-order valence-corrected chi connectivity index (χ2v) is 13.5. The molecule has 1 aromatic carbocycles. The summed E-state index contributed by atoms with van der Waals surface area (Å²) in [5.41, 5.74) is -6.98. The van der Waals surface area contributed by atoms with Crippen LogP contribution in [0.25, 0.3) is 0 Å². The van der Waals surface area contributed by atoms with Crippen LogP contribution in [0.5, 0.6) is 0 Å². The molecule has 0 radical (unpaired) electrons. The third-order valence-electron chi connectivity index (χ3n) is 10.6. The molecule has 0 spiro atoms. The molecule has 0 bridgehead atoms. The summed E-state index contributed by atoms with van der Waals surface area (Å²) in [5.74, 6) is -4.46. The average molecular weight is 647 g/mol. The molecule has 252 valence electrons. The highest BCUT2D eigenvalue weighted by atomic mass is 16.6. The topological polar surface area (TPSA) is 195 Å². The molecule has 4 aliphatic rings. The van der Waals surface area contributed by atoms with E-state index in [1.807, 2.05) is 0 Å². The van der Waals surface area contributed by atoms with Crippen LogP contribution in [0.1, 0.15) is 64.7 Å². The Morgan fingerprint density at radius 3 is 2.15 bits per heavy atom. The molecule has 0 unspecified atom stereocenters. The van der Waals surface area contributed by atoms with Gasteiger partial charge < -0.3 is 44.1 Å². The van der Waals surface area contributed by atoms with Crippen LogP contribution >= 0.6 is 0 Å². The number of fused-ring (bicyclic) bond motifs is 4. The summed E-state index contributed by atoms with van der Waals surface area (Å²) in [7, 11) is 0. The average Bonchev–Trinajstić information content (AvgIpc) is 3.23. The van der Waals surface area contributed by atoms with Crippen LogP contribution in [0, 0.1) is 16.7 Å². The molecular formula is C33H42O13. The molecule has 2 saturated carbocycles. The van der Waals surface area contributed by atoms with E-state index >= 15 is 0 Å². The van der Waals surface area contributed by atoms with Crippen molar-refractivity contribution in [3.63, 3.8) is 0 Å². The zero-order valence-electron chi connectivity index (χ0n) is 26.7. The van der Waals surface area contributed by atoms with Crippen molar-refractivity contribution in [3.8, 4) is 0 Å². The largest absolute Gasteiger partial charge is 0.465 e. The van der Waals surface area contributed by atoms with E-state index in [4.69, 9.17) is 23.7 Å². The third-order valence-corrected chi connectivity index (χ3v) is 10.6. The van der Waals surface area contributed by atoms with Crippen molar-refractivity contribution in [2.45, 2.75) is 102 Å². The van der Waals surface area contributed by atoms with E-state index in [0.717, 1.165) is 6.92 Å². The van der Waals surface area contributed by atoms with Gasteiger partial charge in [-0.25, -0.2) is 4.79 Å². The monoisotopic (exact) mass is 646 g/mol. The van der Waals surface area contributed by atoms with E-state index in [1.165, 1.54) is 39.8 Å². The van der Waals surface area contributed by atoms with Crippen molar-refractivity contribution in [1.29, 1.82) is 0 Å². The van der Waals surface area contributed by atoms with Crippen molar-refractivity contribution in [3.05, 3.63) is 47.0 Å². The molecule has 3 aliphatic carbocycles. The number of ether oxygens (including phenoxy) is 5. The van der Waals surface area contributed by atoms with E-state index < -0.39 is 95.1 Å². The van der Waals surface area contributed by atoms with Crippen LogP contribution in [0.2, 0.25) is 0 Å². The first-order valence-electron chi connectivity index (χ1n) is 15.3. The van der Waals surface area contributed by atoms with Crippen molar-refractivity contribution >= 4 is 23.9 Å².